The molecule has 1 aliphatic rings. The first kappa shape index (κ1) is 19.7. The topological polar surface area (TPSA) is 60.9 Å². The minimum atomic E-state index is -1.01. The highest BCUT2D eigenvalue weighted by Gasteiger charge is 2.37. The molecule has 1 unspecified atom stereocenters. The molecule has 0 bridgehead atoms. The molecule has 2 aromatic rings. The van der Waals surface area contributed by atoms with E-state index in [1.165, 1.54) is 4.90 Å². The molecular formula is C20H20BrClN2O3. The lowest BCUT2D eigenvalue weighted by Crippen LogP contribution is -2.52. The van der Waals surface area contributed by atoms with Crippen molar-refractivity contribution in [2.24, 2.45) is 0 Å². The number of nitrogens with zero attached hydrogens (tertiary/aromatic N) is 2. The van der Waals surface area contributed by atoms with Crippen LogP contribution in [0.15, 0.2) is 34.8 Å². The minimum Gasteiger partial charge on any atom is -0.465 e. The molecule has 1 heterocycles. The fourth-order valence-corrected chi connectivity index (χ4v) is 4.21. The first-order valence-corrected chi connectivity index (χ1v) is 9.82. The Balaban J connectivity index is 2.16. The van der Waals surface area contributed by atoms with Crippen molar-refractivity contribution < 1.29 is 14.7 Å². The number of carbonyl (C=O) groups excluding carboxylic acids is 1. The van der Waals surface area contributed by atoms with Gasteiger partial charge in [-0.1, -0.05) is 18.5 Å². The molecule has 27 heavy (non-hydrogen) atoms. The van der Waals surface area contributed by atoms with E-state index < -0.39 is 6.09 Å². The number of carboxylic acid groups (broad SMARTS) is 1. The molecule has 1 N–H and O–H groups in total. The van der Waals surface area contributed by atoms with Crippen molar-refractivity contribution in [1.29, 1.82) is 0 Å². The highest BCUT2D eigenvalue weighted by molar-refractivity contribution is 9.10. The monoisotopic (exact) mass is 450 g/mol. The maximum absolute atomic E-state index is 13.3. The quantitative estimate of drug-likeness (QED) is 0.642. The lowest BCUT2D eigenvalue weighted by molar-refractivity contribution is 0.0982. The van der Waals surface area contributed by atoms with Crippen LogP contribution >= 0.6 is 27.5 Å². The van der Waals surface area contributed by atoms with Crippen LogP contribution in [-0.2, 0) is 0 Å². The average molecular weight is 452 g/mol. The molecule has 0 aliphatic carbocycles. The summed E-state index contributed by atoms with van der Waals surface area (Å²) >= 11 is 9.41. The van der Waals surface area contributed by atoms with E-state index in [9.17, 15) is 14.7 Å². The van der Waals surface area contributed by atoms with E-state index in [1.807, 2.05) is 32.9 Å². The highest BCUT2D eigenvalue weighted by atomic mass is 79.9. The fourth-order valence-electron chi connectivity index (χ4n) is 3.35. The zero-order chi connectivity index (χ0) is 19.9. The Morgan fingerprint density at radius 2 is 1.81 bits per heavy atom. The van der Waals surface area contributed by atoms with Crippen molar-refractivity contribution in [3.8, 4) is 0 Å². The Hall–Kier alpha value is -2.05. The van der Waals surface area contributed by atoms with Crippen LogP contribution in [0, 0.1) is 13.8 Å². The number of hydrogen-bond donors (Lipinski definition) is 1. The van der Waals surface area contributed by atoms with Crippen LogP contribution in [-0.4, -0.2) is 29.7 Å². The lowest BCUT2D eigenvalue weighted by Gasteiger charge is -2.41. The number of fused-ring (bicyclic) bond motifs is 1. The van der Waals surface area contributed by atoms with Crippen LogP contribution in [0.4, 0.5) is 16.2 Å². The van der Waals surface area contributed by atoms with Gasteiger partial charge in [-0.15, -0.1) is 0 Å². The molecule has 0 spiro atoms. The molecule has 0 saturated carbocycles. The number of aryl methyl sites for hydroxylation is 2. The second kappa shape index (κ2) is 7.52. The second-order valence-electron chi connectivity index (χ2n) is 6.68. The number of rotatable bonds is 2. The lowest BCUT2D eigenvalue weighted by atomic mass is 9.99. The first-order valence-electron chi connectivity index (χ1n) is 8.65. The van der Waals surface area contributed by atoms with Gasteiger partial charge in [0, 0.05) is 16.0 Å². The Kier molecular flexibility index (Phi) is 5.49. The summed E-state index contributed by atoms with van der Waals surface area (Å²) < 4.78 is 0.610. The largest absolute Gasteiger partial charge is 0.465 e. The molecular weight excluding hydrogens is 432 g/mol. The number of amides is 2. The molecule has 0 radical (unpaired) electrons. The van der Waals surface area contributed by atoms with Gasteiger partial charge in [0.2, 0.25) is 0 Å². The highest BCUT2D eigenvalue weighted by Crippen LogP contribution is 2.39. The molecule has 2 aromatic carbocycles. The molecule has 3 rings (SSSR count). The Labute approximate surface area is 171 Å². The van der Waals surface area contributed by atoms with Gasteiger partial charge in [-0.05, 0) is 77.7 Å². The molecule has 1 atom stereocenters. The van der Waals surface area contributed by atoms with Crippen molar-refractivity contribution >= 4 is 50.9 Å². The molecule has 142 valence electrons. The summed E-state index contributed by atoms with van der Waals surface area (Å²) in [6.45, 7) is 6.11. The van der Waals surface area contributed by atoms with E-state index >= 15 is 0 Å². The van der Waals surface area contributed by atoms with Gasteiger partial charge in [-0.3, -0.25) is 9.69 Å². The van der Waals surface area contributed by atoms with E-state index in [0.29, 0.717) is 39.4 Å². The summed E-state index contributed by atoms with van der Waals surface area (Å²) in [7, 11) is 0. The summed E-state index contributed by atoms with van der Waals surface area (Å²) in [5, 5.41) is 10.3. The van der Waals surface area contributed by atoms with Gasteiger partial charge in [0.05, 0.1) is 23.0 Å². The predicted molar refractivity (Wildman–Crippen MR) is 111 cm³/mol. The van der Waals surface area contributed by atoms with Crippen LogP contribution in [0.5, 0.6) is 0 Å². The first-order chi connectivity index (χ1) is 12.7. The van der Waals surface area contributed by atoms with E-state index in [2.05, 4.69) is 15.9 Å². The zero-order valence-electron chi connectivity index (χ0n) is 15.3. The second-order valence-corrected chi connectivity index (χ2v) is 7.97. The van der Waals surface area contributed by atoms with Crippen molar-refractivity contribution in [3.05, 3.63) is 56.5 Å². The molecule has 7 heteroatoms. The Morgan fingerprint density at radius 3 is 2.37 bits per heavy atom. The van der Waals surface area contributed by atoms with Crippen molar-refractivity contribution in [3.63, 3.8) is 0 Å². The number of carbonyl (C=O) groups is 2. The smallest absolute Gasteiger partial charge is 0.412 e. The maximum Gasteiger partial charge on any atom is 0.412 e. The molecule has 1 aliphatic heterocycles. The van der Waals surface area contributed by atoms with Crippen molar-refractivity contribution in [2.45, 2.75) is 33.2 Å². The normalized spacial score (nSPS) is 16.3. The number of benzene rings is 2. The standard InChI is InChI=1S/C20H20BrClN2O3/c1-4-14-10-23(19(25)15-6-5-13(22)9-16(15)21)17-7-11(2)12(3)8-18(17)24(14)20(26)27/h5-9,14H,4,10H2,1-3H3,(H,26,27). The molecule has 0 fully saturated rings. The molecule has 2 amide bonds. The number of halogens is 2. The van der Waals surface area contributed by atoms with Crippen LogP contribution in [0.1, 0.15) is 34.8 Å². The average Bonchev–Trinajstić information content (AvgIpc) is 2.60. The Morgan fingerprint density at radius 1 is 1.19 bits per heavy atom. The van der Waals surface area contributed by atoms with E-state index in [1.54, 1.807) is 23.1 Å². The van der Waals surface area contributed by atoms with E-state index in [-0.39, 0.29) is 11.9 Å². The maximum atomic E-state index is 13.3. The van der Waals surface area contributed by atoms with Crippen molar-refractivity contribution in [1.82, 2.24) is 0 Å². The van der Waals surface area contributed by atoms with Gasteiger partial charge >= 0.3 is 6.09 Å². The van der Waals surface area contributed by atoms with Gasteiger partial charge in [0.15, 0.2) is 0 Å². The molecule has 5 nitrogen and oxygen atoms in total. The van der Waals surface area contributed by atoms with Crippen LogP contribution in [0.25, 0.3) is 0 Å². The summed E-state index contributed by atoms with van der Waals surface area (Å²) in [5.41, 5.74) is 3.63. The van der Waals surface area contributed by atoms with Gasteiger partial charge in [0.1, 0.15) is 0 Å². The number of hydrogen-bond acceptors (Lipinski definition) is 2. The third-order valence-corrected chi connectivity index (χ3v) is 5.87. The van der Waals surface area contributed by atoms with E-state index in [4.69, 9.17) is 11.6 Å². The number of anilines is 2. The van der Waals surface area contributed by atoms with Crippen LogP contribution < -0.4 is 9.80 Å². The van der Waals surface area contributed by atoms with Crippen LogP contribution in [0.2, 0.25) is 5.02 Å². The predicted octanol–water partition coefficient (Wildman–Crippen LogP) is 5.64. The van der Waals surface area contributed by atoms with Crippen LogP contribution in [0.3, 0.4) is 0 Å². The van der Waals surface area contributed by atoms with Gasteiger partial charge in [0.25, 0.3) is 5.91 Å². The zero-order valence-corrected chi connectivity index (χ0v) is 17.6. The minimum absolute atomic E-state index is 0.188. The summed E-state index contributed by atoms with van der Waals surface area (Å²) in [6, 6.07) is 8.45. The SMILES string of the molecule is CCC1CN(C(=O)c2ccc(Cl)cc2Br)c2cc(C)c(C)cc2N1C(=O)O. The Bertz CT molecular complexity index is 932. The van der Waals surface area contributed by atoms with Gasteiger partial charge in [-0.25, -0.2) is 4.79 Å². The van der Waals surface area contributed by atoms with Crippen molar-refractivity contribution in [2.75, 3.05) is 16.3 Å². The summed E-state index contributed by atoms with van der Waals surface area (Å²) in [4.78, 5) is 28.3. The third-order valence-electron chi connectivity index (χ3n) is 4.98. The molecule has 0 aromatic heterocycles. The van der Waals surface area contributed by atoms with Gasteiger partial charge < -0.3 is 10.0 Å². The molecule has 0 saturated heterocycles. The summed E-state index contributed by atoms with van der Waals surface area (Å²) in [5.74, 6) is -0.188. The van der Waals surface area contributed by atoms with Gasteiger partial charge in [-0.2, -0.15) is 0 Å². The third kappa shape index (κ3) is 3.56. The summed E-state index contributed by atoms with van der Waals surface area (Å²) in [6.07, 6.45) is -0.407. The fraction of sp³-hybridized carbons (Fsp3) is 0.300. The van der Waals surface area contributed by atoms with E-state index in [0.717, 1.165) is 11.1 Å².